The summed E-state index contributed by atoms with van der Waals surface area (Å²) in [5, 5.41) is 12.4. The first-order valence-electron chi connectivity index (χ1n) is 10.9. The minimum absolute atomic E-state index is 0.0346. The standard InChI is InChI=1S/C24H28F2N4O4/c1-16(10-12-31)30(20-8-6-19(7-9-20)29-11-13-34-15-21(29)32)24(27-2)28-23(33)18-5-3-4-17(14-18)22(25)26/h3-9,14,16,22,31H,10-13,15H2,1-2H3,(H,27,28,33). The topological polar surface area (TPSA) is 94.5 Å². The Kier molecular flexibility index (Phi) is 8.67. The van der Waals surface area contributed by atoms with Crippen LogP contribution in [0.1, 0.15) is 35.7 Å². The second-order valence-electron chi connectivity index (χ2n) is 7.76. The molecule has 1 saturated heterocycles. The van der Waals surface area contributed by atoms with E-state index in [9.17, 15) is 23.5 Å². The van der Waals surface area contributed by atoms with Gasteiger partial charge in [0, 0.05) is 48.7 Å². The van der Waals surface area contributed by atoms with E-state index in [1.54, 1.807) is 41.1 Å². The zero-order valence-electron chi connectivity index (χ0n) is 19.1. The van der Waals surface area contributed by atoms with E-state index in [1.807, 2.05) is 6.92 Å². The highest BCUT2D eigenvalue weighted by molar-refractivity contribution is 6.08. The van der Waals surface area contributed by atoms with Crippen molar-refractivity contribution in [2.24, 2.45) is 4.99 Å². The molecule has 0 aliphatic carbocycles. The maximum absolute atomic E-state index is 13.0. The van der Waals surface area contributed by atoms with Gasteiger partial charge >= 0.3 is 0 Å². The molecule has 1 atom stereocenters. The van der Waals surface area contributed by atoms with Crippen LogP contribution in [0.3, 0.4) is 0 Å². The zero-order valence-corrected chi connectivity index (χ0v) is 19.1. The van der Waals surface area contributed by atoms with Crippen molar-refractivity contribution >= 4 is 29.1 Å². The number of carbonyl (C=O) groups is 2. The van der Waals surface area contributed by atoms with E-state index < -0.39 is 12.3 Å². The number of ether oxygens (including phenoxy) is 1. The molecule has 1 aliphatic rings. The van der Waals surface area contributed by atoms with Gasteiger partial charge in [0.05, 0.1) is 6.61 Å². The van der Waals surface area contributed by atoms with E-state index in [-0.39, 0.29) is 42.2 Å². The third-order valence-corrected chi connectivity index (χ3v) is 5.46. The molecule has 1 heterocycles. The molecule has 1 fully saturated rings. The van der Waals surface area contributed by atoms with Crippen molar-refractivity contribution in [1.82, 2.24) is 5.32 Å². The molecule has 0 spiro atoms. The van der Waals surface area contributed by atoms with Gasteiger partial charge in [0.1, 0.15) is 6.61 Å². The van der Waals surface area contributed by atoms with Crippen LogP contribution in [0.5, 0.6) is 0 Å². The number of benzene rings is 2. The van der Waals surface area contributed by atoms with Crippen molar-refractivity contribution in [2.75, 3.05) is 43.2 Å². The van der Waals surface area contributed by atoms with E-state index >= 15 is 0 Å². The molecule has 1 aliphatic heterocycles. The molecule has 0 saturated carbocycles. The van der Waals surface area contributed by atoms with E-state index in [0.29, 0.717) is 25.3 Å². The first kappa shape index (κ1) is 25.3. The molecule has 1 unspecified atom stereocenters. The fourth-order valence-electron chi connectivity index (χ4n) is 3.68. The predicted octanol–water partition coefficient (Wildman–Crippen LogP) is 2.98. The number of hydrogen-bond acceptors (Lipinski definition) is 4. The first-order valence-corrected chi connectivity index (χ1v) is 10.9. The van der Waals surface area contributed by atoms with Gasteiger partial charge in [-0.15, -0.1) is 0 Å². The van der Waals surface area contributed by atoms with Crippen molar-refractivity contribution in [1.29, 1.82) is 0 Å². The second kappa shape index (κ2) is 11.7. The number of alkyl halides is 2. The summed E-state index contributed by atoms with van der Waals surface area (Å²) in [7, 11) is 1.60. The van der Waals surface area contributed by atoms with Crippen molar-refractivity contribution in [2.45, 2.75) is 25.8 Å². The summed E-state index contributed by atoms with van der Waals surface area (Å²) in [5.74, 6) is -0.606. The van der Waals surface area contributed by atoms with Gasteiger partial charge in [-0.25, -0.2) is 8.78 Å². The van der Waals surface area contributed by atoms with Gasteiger partial charge < -0.3 is 25.0 Å². The minimum Gasteiger partial charge on any atom is -0.396 e. The summed E-state index contributed by atoms with van der Waals surface area (Å²) < 4.78 is 31.3. The molecule has 0 aromatic heterocycles. The number of aliphatic hydroxyl groups excluding tert-OH is 1. The molecule has 3 rings (SSSR count). The molecule has 2 amide bonds. The number of halogens is 2. The number of rotatable bonds is 7. The molecule has 8 nitrogen and oxygen atoms in total. The SMILES string of the molecule is CN/C(=N\C(=O)c1cccc(C(F)F)c1)N(c1ccc(N2CCOCC2=O)cc1)C(C)CCO. The number of amides is 2. The Balaban J connectivity index is 1.93. The normalized spacial score (nSPS) is 15.4. The Morgan fingerprint density at radius 2 is 2.00 bits per heavy atom. The summed E-state index contributed by atoms with van der Waals surface area (Å²) in [6, 6.07) is 12.1. The fraction of sp³-hybridized carbons (Fsp3) is 0.375. The highest BCUT2D eigenvalue weighted by Crippen LogP contribution is 2.25. The summed E-state index contributed by atoms with van der Waals surface area (Å²) in [4.78, 5) is 32.5. The smallest absolute Gasteiger partial charge is 0.280 e. The molecule has 182 valence electrons. The lowest BCUT2D eigenvalue weighted by Gasteiger charge is -2.32. The molecule has 0 radical (unpaired) electrons. The third kappa shape index (κ3) is 5.95. The summed E-state index contributed by atoms with van der Waals surface area (Å²) in [6.45, 7) is 2.73. The lowest BCUT2D eigenvalue weighted by Crippen LogP contribution is -2.46. The van der Waals surface area contributed by atoms with E-state index in [1.165, 1.54) is 18.2 Å². The number of hydrogen-bond donors (Lipinski definition) is 2. The fourth-order valence-corrected chi connectivity index (χ4v) is 3.68. The number of aliphatic hydroxyl groups is 1. The van der Waals surface area contributed by atoms with Crippen LogP contribution in [-0.2, 0) is 9.53 Å². The highest BCUT2D eigenvalue weighted by Gasteiger charge is 2.23. The number of carbonyl (C=O) groups excluding carboxylic acids is 2. The molecule has 2 aromatic carbocycles. The van der Waals surface area contributed by atoms with Crippen molar-refractivity contribution in [3.8, 4) is 0 Å². The highest BCUT2D eigenvalue weighted by atomic mass is 19.3. The second-order valence-corrected chi connectivity index (χ2v) is 7.76. The van der Waals surface area contributed by atoms with E-state index in [4.69, 9.17) is 4.74 Å². The van der Waals surface area contributed by atoms with E-state index in [2.05, 4.69) is 10.3 Å². The van der Waals surface area contributed by atoms with Crippen LogP contribution in [0.15, 0.2) is 53.5 Å². The van der Waals surface area contributed by atoms with Crippen LogP contribution < -0.4 is 15.1 Å². The molecule has 2 aromatic rings. The monoisotopic (exact) mass is 474 g/mol. The average Bonchev–Trinajstić information content (AvgIpc) is 2.84. The van der Waals surface area contributed by atoms with E-state index in [0.717, 1.165) is 11.8 Å². The Morgan fingerprint density at radius 3 is 2.62 bits per heavy atom. The third-order valence-electron chi connectivity index (χ3n) is 5.46. The number of morpholine rings is 1. The molecular weight excluding hydrogens is 446 g/mol. The number of nitrogens with one attached hydrogen (secondary N) is 1. The lowest BCUT2D eigenvalue weighted by molar-refractivity contribution is -0.125. The van der Waals surface area contributed by atoms with Gasteiger partial charge in [0.25, 0.3) is 18.2 Å². The Hall–Kier alpha value is -3.37. The van der Waals surface area contributed by atoms with Crippen LogP contribution in [0.4, 0.5) is 20.2 Å². The van der Waals surface area contributed by atoms with Gasteiger partial charge in [-0.1, -0.05) is 12.1 Å². The maximum atomic E-state index is 13.0. The molecule has 10 heteroatoms. The Morgan fingerprint density at radius 1 is 1.26 bits per heavy atom. The largest absolute Gasteiger partial charge is 0.396 e. The van der Waals surface area contributed by atoms with Crippen LogP contribution >= 0.6 is 0 Å². The Labute approximate surface area is 196 Å². The van der Waals surface area contributed by atoms with Crippen LogP contribution in [0, 0.1) is 0 Å². The maximum Gasteiger partial charge on any atom is 0.280 e. The van der Waals surface area contributed by atoms with Crippen LogP contribution in [0.2, 0.25) is 0 Å². The van der Waals surface area contributed by atoms with Gasteiger partial charge in [0.2, 0.25) is 5.96 Å². The summed E-state index contributed by atoms with van der Waals surface area (Å²) in [5.41, 5.74) is 1.18. The van der Waals surface area contributed by atoms with Gasteiger partial charge in [-0.2, -0.15) is 4.99 Å². The molecular formula is C24H28F2N4O4. The average molecular weight is 475 g/mol. The summed E-state index contributed by atoms with van der Waals surface area (Å²) in [6.07, 6.45) is -2.31. The summed E-state index contributed by atoms with van der Waals surface area (Å²) >= 11 is 0. The van der Waals surface area contributed by atoms with Crippen LogP contribution in [0.25, 0.3) is 0 Å². The predicted molar refractivity (Wildman–Crippen MR) is 125 cm³/mol. The Bertz CT molecular complexity index is 1030. The van der Waals surface area contributed by atoms with Crippen LogP contribution in [-0.4, -0.2) is 62.3 Å². The quantitative estimate of drug-likeness (QED) is 0.473. The number of nitrogens with zero attached hydrogens (tertiary/aromatic N) is 3. The number of aliphatic imine (C=N–C) groups is 1. The van der Waals surface area contributed by atoms with Gasteiger partial charge in [-0.05, 0) is 49.7 Å². The molecule has 34 heavy (non-hydrogen) atoms. The minimum atomic E-state index is -2.70. The number of guanidine groups is 1. The van der Waals surface area contributed by atoms with Gasteiger partial charge in [0.15, 0.2) is 0 Å². The van der Waals surface area contributed by atoms with Gasteiger partial charge in [-0.3, -0.25) is 9.59 Å². The number of anilines is 2. The lowest BCUT2D eigenvalue weighted by atomic mass is 10.1. The van der Waals surface area contributed by atoms with Crippen molar-refractivity contribution in [3.05, 3.63) is 59.7 Å². The van der Waals surface area contributed by atoms with Crippen molar-refractivity contribution in [3.63, 3.8) is 0 Å². The zero-order chi connectivity index (χ0) is 24.7. The molecule has 0 bridgehead atoms. The van der Waals surface area contributed by atoms with Crippen molar-refractivity contribution < 1.29 is 28.2 Å². The molecule has 2 N–H and O–H groups in total. The first-order chi connectivity index (χ1) is 16.3.